The number of amides is 1. The number of benzene rings is 2. The molecule has 26 heavy (non-hydrogen) atoms. The summed E-state index contributed by atoms with van der Waals surface area (Å²) in [6.07, 6.45) is 4.03. The van der Waals surface area contributed by atoms with E-state index in [4.69, 9.17) is 0 Å². The van der Waals surface area contributed by atoms with Gasteiger partial charge < -0.3 is 9.47 Å². The van der Waals surface area contributed by atoms with Crippen LogP contribution in [0.2, 0.25) is 0 Å². The van der Waals surface area contributed by atoms with E-state index in [0.717, 1.165) is 60.6 Å². The molecule has 2 unspecified atom stereocenters. The predicted octanol–water partition coefficient (Wildman–Crippen LogP) is 4.47. The smallest absolute Gasteiger partial charge is 0.226 e. The van der Waals surface area contributed by atoms with Gasteiger partial charge in [-0.3, -0.25) is 4.79 Å². The van der Waals surface area contributed by atoms with Crippen LogP contribution in [-0.4, -0.2) is 28.0 Å². The van der Waals surface area contributed by atoms with E-state index in [2.05, 4.69) is 4.57 Å². The molecule has 2 bridgehead atoms. The van der Waals surface area contributed by atoms with Crippen LogP contribution in [0.3, 0.4) is 0 Å². The normalized spacial score (nSPS) is 22.2. The van der Waals surface area contributed by atoms with Crippen LogP contribution in [0, 0.1) is 17.6 Å². The average molecular weight is 354 g/mol. The SMILES string of the molecule is O=C1C2CCC(C2)N1CCCn1c2ccc(F)cc2c2cc(F)ccc21. The molecule has 5 heteroatoms. The molecule has 0 N–H and O–H groups in total. The second-order valence-corrected chi connectivity index (χ2v) is 7.52. The van der Waals surface area contributed by atoms with Crippen LogP contribution in [0.25, 0.3) is 21.8 Å². The summed E-state index contributed by atoms with van der Waals surface area (Å²) in [4.78, 5) is 14.3. The van der Waals surface area contributed by atoms with Gasteiger partial charge in [-0.25, -0.2) is 8.78 Å². The van der Waals surface area contributed by atoms with E-state index < -0.39 is 0 Å². The number of likely N-dealkylation sites (tertiary alicyclic amines) is 1. The van der Waals surface area contributed by atoms with Gasteiger partial charge in [0.15, 0.2) is 0 Å². The van der Waals surface area contributed by atoms with E-state index in [0.29, 0.717) is 11.9 Å². The molecule has 3 aromatic rings. The van der Waals surface area contributed by atoms with Crippen molar-refractivity contribution >= 4 is 27.7 Å². The molecule has 1 aliphatic carbocycles. The maximum absolute atomic E-state index is 13.7. The van der Waals surface area contributed by atoms with Gasteiger partial charge in [0.2, 0.25) is 5.91 Å². The van der Waals surface area contributed by atoms with Gasteiger partial charge in [-0.15, -0.1) is 0 Å². The van der Waals surface area contributed by atoms with Crippen LogP contribution in [0.1, 0.15) is 25.7 Å². The Balaban J connectivity index is 1.45. The molecular weight excluding hydrogens is 334 g/mol. The molecule has 2 atom stereocenters. The number of halogens is 2. The van der Waals surface area contributed by atoms with E-state index >= 15 is 0 Å². The molecule has 1 saturated carbocycles. The number of hydrogen-bond acceptors (Lipinski definition) is 1. The predicted molar refractivity (Wildman–Crippen MR) is 96.8 cm³/mol. The Morgan fingerprint density at radius 3 is 2.15 bits per heavy atom. The minimum Gasteiger partial charge on any atom is -0.340 e. The first-order valence-electron chi connectivity index (χ1n) is 9.29. The van der Waals surface area contributed by atoms with Crippen molar-refractivity contribution in [2.24, 2.45) is 5.92 Å². The minimum atomic E-state index is -0.320. The third-order valence-electron chi connectivity index (χ3n) is 6.05. The summed E-state index contributed by atoms with van der Waals surface area (Å²) in [5.41, 5.74) is 1.81. The summed E-state index contributed by atoms with van der Waals surface area (Å²) in [5.74, 6) is -0.0780. The third kappa shape index (κ3) is 2.33. The van der Waals surface area contributed by atoms with Crippen LogP contribution in [0.4, 0.5) is 8.78 Å². The Morgan fingerprint density at radius 1 is 0.923 bits per heavy atom. The molecule has 2 aromatic carbocycles. The van der Waals surface area contributed by atoms with Gasteiger partial charge in [-0.2, -0.15) is 0 Å². The molecule has 0 radical (unpaired) electrons. The molecule has 5 rings (SSSR count). The molecule has 134 valence electrons. The summed E-state index contributed by atoms with van der Waals surface area (Å²) in [7, 11) is 0. The number of nitrogens with zero attached hydrogens (tertiary/aromatic N) is 2. The fraction of sp³-hybridized carbons (Fsp3) is 0.381. The van der Waals surface area contributed by atoms with Crippen molar-refractivity contribution in [1.82, 2.24) is 9.47 Å². The highest BCUT2D eigenvalue weighted by Gasteiger charge is 2.43. The van der Waals surface area contributed by atoms with Crippen LogP contribution in [-0.2, 0) is 11.3 Å². The van der Waals surface area contributed by atoms with E-state index in [1.54, 1.807) is 12.1 Å². The maximum Gasteiger partial charge on any atom is 0.226 e. The number of carbonyl (C=O) groups is 1. The number of piperidine rings is 1. The molecular formula is C21H20F2N2O. The summed E-state index contributed by atoms with van der Waals surface area (Å²) in [5, 5.41) is 1.46. The van der Waals surface area contributed by atoms with Crippen molar-refractivity contribution in [3.63, 3.8) is 0 Å². The quantitative estimate of drug-likeness (QED) is 0.678. The van der Waals surface area contributed by atoms with Crippen molar-refractivity contribution in [1.29, 1.82) is 0 Å². The van der Waals surface area contributed by atoms with Gasteiger partial charge in [0.25, 0.3) is 0 Å². The molecule has 1 aliphatic heterocycles. The number of carbonyl (C=O) groups excluding carboxylic acids is 1. The van der Waals surface area contributed by atoms with E-state index in [1.165, 1.54) is 24.3 Å². The summed E-state index contributed by atoms with van der Waals surface area (Å²) < 4.78 is 29.5. The Hall–Kier alpha value is -2.43. The minimum absolute atomic E-state index is 0.249. The summed E-state index contributed by atoms with van der Waals surface area (Å²) in [6.45, 7) is 1.47. The Bertz CT molecular complexity index is 966. The van der Waals surface area contributed by atoms with Crippen LogP contribution < -0.4 is 0 Å². The molecule has 1 saturated heterocycles. The Labute approximate surface area is 150 Å². The van der Waals surface area contributed by atoms with Gasteiger partial charge in [0, 0.05) is 46.9 Å². The van der Waals surface area contributed by atoms with E-state index in [1.807, 2.05) is 4.90 Å². The molecule has 2 aliphatic rings. The molecule has 1 aromatic heterocycles. The summed E-state index contributed by atoms with van der Waals surface area (Å²) >= 11 is 0. The topological polar surface area (TPSA) is 25.2 Å². The molecule has 2 fully saturated rings. The van der Waals surface area contributed by atoms with Crippen LogP contribution in [0.5, 0.6) is 0 Å². The van der Waals surface area contributed by atoms with Gasteiger partial charge in [0.1, 0.15) is 11.6 Å². The highest BCUT2D eigenvalue weighted by Crippen LogP contribution is 2.38. The van der Waals surface area contributed by atoms with Crippen molar-refractivity contribution in [2.45, 2.75) is 38.3 Å². The third-order valence-corrected chi connectivity index (χ3v) is 6.05. The largest absolute Gasteiger partial charge is 0.340 e. The molecule has 3 nitrogen and oxygen atoms in total. The van der Waals surface area contributed by atoms with Crippen molar-refractivity contribution in [2.75, 3.05) is 6.54 Å². The number of aryl methyl sites for hydroxylation is 1. The van der Waals surface area contributed by atoms with E-state index in [-0.39, 0.29) is 17.6 Å². The fourth-order valence-corrected chi connectivity index (χ4v) is 4.86. The lowest BCUT2D eigenvalue weighted by atomic mass is 10.1. The zero-order valence-electron chi connectivity index (χ0n) is 14.4. The van der Waals surface area contributed by atoms with Crippen molar-refractivity contribution in [3.05, 3.63) is 48.0 Å². The first-order valence-corrected chi connectivity index (χ1v) is 9.29. The number of rotatable bonds is 4. The number of aromatic nitrogens is 1. The Morgan fingerprint density at radius 2 is 1.58 bits per heavy atom. The lowest BCUT2D eigenvalue weighted by Gasteiger charge is -2.27. The number of hydrogen-bond donors (Lipinski definition) is 0. The number of fused-ring (bicyclic) bond motifs is 5. The molecule has 1 amide bonds. The second kappa shape index (κ2) is 5.79. The van der Waals surface area contributed by atoms with Crippen molar-refractivity contribution in [3.8, 4) is 0 Å². The molecule has 2 heterocycles. The highest BCUT2D eigenvalue weighted by molar-refractivity contribution is 6.08. The first kappa shape index (κ1) is 15.8. The standard InChI is InChI=1S/C21H20F2N2O/c22-14-3-6-19-17(11-14)18-12-15(23)4-7-20(18)25(19)9-1-8-24-16-5-2-13(10-16)21(24)26/h3-4,6-7,11-13,16H,1-2,5,8-10H2. The zero-order chi connectivity index (χ0) is 17.8. The monoisotopic (exact) mass is 354 g/mol. The van der Waals surface area contributed by atoms with Gasteiger partial charge >= 0.3 is 0 Å². The summed E-state index contributed by atoms with van der Waals surface area (Å²) in [6, 6.07) is 9.76. The van der Waals surface area contributed by atoms with Crippen LogP contribution in [0.15, 0.2) is 36.4 Å². The molecule has 0 spiro atoms. The van der Waals surface area contributed by atoms with E-state index in [9.17, 15) is 13.6 Å². The zero-order valence-corrected chi connectivity index (χ0v) is 14.4. The lowest BCUT2D eigenvalue weighted by molar-refractivity contribution is -0.134. The van der Waals surface area contributed by atoms with Gasteiger partial charge in [-0.05, 0) is 62.1 Å². The average Bonchev–Trinajstić information content (AvgIpc) is 3.29. The maximum atomic E-state index is 13.7. The lowest BCUT2D eigenvalue weighted by Crippen LogP contribution is -2.37. The first-order chi connectivity index (χ1) is 12.6. The van der Waals surface area contributed by atoms with Crippen molar-refractivity contribution < 1.29 is 13.6 Å². The van der Waals surface area contributed by atoms with Gasteiger partial charge in [-0.1, -0.05) is 0 Å². The fourth-order valence-electron chi connectivity index (χ4n) is 4.86. The van der Waals surface area contributed by atoms with Gasteiger partial charge in [0.05, 0.1) is 0 Å². The van der Waals surface area contributed by atoms with Crippen LogP contribution >= 0.6 is 0 Å². The Kier molecular flexibility index (Phi) is 3.52. The second-order valence-electron chi connectivity index (χ2n) is 7.52. The highest BCUT2D eigenvalue weighted by atomic mass is 19.1.